The summed E-state index contributed by atoms with van der Waals surface area (Å²) in [5.41, 5.74) is -7.15. The molecule has 0 aliphatic carbocycles. The van der Waals surface area contributed by atoms with E-state index in [1.807, 2.05) is 10.3 Å². The van der Waals surface area contributed by atoms with Gasteiger partial charge in [0.05, 0.1) is 26.9 Å². The SMILES string of the molecule is COc1ccc(CCn2c3c(c(=O)[nH]c2=O)[C@](NC(=O)c2ccccc2OC)(C(F)(F)F)C(=O)N3)cc1OC. The van der Waals surface area contributed by atoms with Crippen LogP contribution in [0.25, 0.3) is 0 Å². The molecule has 14 heteroatoms. The molecule has 1 aromatic heterocycles. The summed E-state index contributed by atoms with van der Waals surface area (Å²) >= 11 is 0. The summed E-state index contributed by atoms with van der Waals surface area (Å²) in [7, 11) is 4.08. The highest BCUT2D eigenvalue weighted by Crippen LogP contribution is 2.45. The van der Waals surface area contributed by atoms with Crippen LogP contribution in [0, 0.1) is 0 Å². The summed E-state index contributed by atoms with van der Waals surface area (Å²) in [6, 6.07) is 10.3. The lowest BCUT2D eigenvalue weighted by molar-refractivity contribution is -0.196. The van der Waals surface area contributed by atoms with E-state index in [0.717, 1.165) is 4.57 Å². The number of carbonyl (C=O) groups excluding carboxylic acids is 2. The van der Waals surface area contributed by atoms with E-state index >= 15 is 0 Å². The van der Waals surface area contributed by atoms with Gasteiger partial charge in [0.2, 0.25) is 0 Å². The van der Waals surface area contributed by atoms with Gasteiger partial charge in [-0.05, 0) is 36.2 Å². The summed E-state index contributed by atoms with van der Waals surface area (Å²) in [5.74, 6) is -2.97. The molecule has 0 unspecified atom stereocenters. The number of aromatic nitrogens is 2. The Kier molecular flexibility index (Phi) is 7.13. The molecule has 1 aliphatic heterocycles. The second-order valence-corrected chi connectivity index (χ2v) is 8.43. The average molecular weight is 548 g/mol. The molecule has 2 amide bonds. The number of amides is 2. The number of nitrogens with one attached hydrogen (secondary N) is 3. The molecule has 4 rings (SSSR count). The first-order valence-corrected chi connectivity index (χ1v) is 11.4. The minimum Gasteiger partial charge on any atom is -0.496 e. The highest BCUT2D eigenvalue weighted by molar-refractivity contribution is 6.09. The molecule has 3 N–H and O–H groups in total. The van der Waals surface area contributed by atoms with Gasteiger partial charge in [-0.2, -0.15) is 13.2 Å². The van der Waals surface area contributed by atoms with Crippen LogP contribution in [0.1, 0.15) is 21.5 Å². The lowest BCUT2D eigenvalue weighted by atomic mass is 9.91. The van der Waals surface area contributed by atoms with Gasteiger partial charge >= 0.3 is 11.9 Å². The molecular formula is C25H23F3N4O7. The Balaban J connectivity index is 1.80. The number of aromatic amines is 1. The van der Waals surface area contributed by atoms with Crippen molar-refractivity contribution in [3.63, 3.8) is 0 Å². The van der Waals surface area contributed by atoms with E-state index in [2.05, 4.69) is 0 Å². The summed E-state index contributed by atoms with van der Waals surface area (Å²) in [6.07, 6.45) is -5.38. The van der Waals surface area contributed by atoms with Crippen LogP contribution in [-0.4, -0.2) is 48.9 Å². The summed E-state index contributed by atoms with van der Waals surface area (Å²) in [5, 5.41) is 3.70. The number of carbonyl (C=O) groups is 2. The minimum absolute atomic E-state index is 0.0558. The number of fused-ring (bicyclic) bond motifs is 1. The number of methoxy groups -OCH3 is 3. The van der Waals surface area contributed by atoms with Gasteiger partial charge in [-0.3, -0.25) is 23.9 Å². The number of benzene rings is 2. The van der Waals surface area contributed by atoms with E-state index in [0.29, 0.717) is 17.1 Å². The summed E-state index contributed by atoms with van der Waals surface area (Å²) < 4.78 is 60.2. The second-order valence-electron chi connectivity index (χ2n) is 8.43. The van der Waals surface area contributed by atoms with Crippen LogP contribution in [0.3, 0.4) is 0 Å². The number of alkyl halides is 3. The van der Waals surface area contributed by atoms with Gasteiger partial charge in [0.25, 0.3) is 22.9 Å². The van der Waals surface area contributed by atoms with Crippen molar-refractivity contribution in [1.82, 2.24) is 14.9 Å². The van der Waals surface area contributed by atoms with E-state index in [1.165, 1.54) is 45.6 Å². The Morgan fingerprint density at radius 3 is 2.28 bits per heavy atom. The van der Waals surface area contributed by atoms with Crippen molar-refractivity contribution < 1.29 is 37.0 Å². The maximum atomic E-state index is 14.6. The third-order valence-corrected chi connectivity index (χ3v) is 6.30. The van der Waals surface area contributed by atoms with Crippen LogP contribution >= 0.6 is 0 Å². The summed E-state index contributed by atoms with van der Waals surface area (Å²) in [4.78, 5) is 53.3. The Morgan fingerprint density at radius 1 is 0.974 bits per heavy atom. The zero-order valence-electron chi connectivity index (χ0n) is 20.9. The fourth-order valence-corrected chi connectivity index (χ4v) is 4.38. The first kappa shape index (κ1) is 27.3. The van der Waals surface area contributed by atoms with Crippen LogP contribution < -0.4 is 36.1 Å². The van der Waals surface area contributed by atoms with Gasteiger partial charge in [0, 0.05) is 6.54 Å². The highest BCUT2D eigenvalue weighted by atomic mass is 19.4. The number of hydrogen-bond acceptors (Lipinski definition) is 7. The first-order chi connectivity index (χ1) is 18.5. The molecule has 0 spiro atoms. The number of rotatable bonds is 8. The molecule has 1 atom stereocenters. The number of nitrogens with zero attached hydrogens (tertiary/aromatic N) is 1. The van der Waals surface area contributed by atoms with Crippen molar-refractivity contribution >= 4 is 17.6 Å². The number of para-hydroxylation sites is 1. The Morgan fingerprint density at radius 2 is 1.64 bits per heavy atom. The van der Waals surface area contributed by atoms with Gasteiger partial charge in [-0.15, -0.1) is 0 Å². The zero-order chi connectivity index (χ0) is 28.5. The lowest BCUT2D eigenvalue weighted by Crippen LogP contribution is -2.62. The van der Waals surface area contributed by atoms with Crippen molar-refractivity contribution in [3.8, 4) is 17.2 Å². The van der Waals surface area contributed by atoms with Crippen molar-refractivity contribution in [2.75, 3.05) is 26.6 Å². The quantitative estimate of drug-likeness (QED) is 0.391. The minimum atomic E-state index is -5.47. The number of H-pyrrole nitrogens is 1. The number of ether oxygens (including phenoxy) is 3. The molecule has 3 aromatic rings. The first-order valence-electron chi connectivity index (χ1n) is 11.4. The molecule has 206 valence electrons. The van der Waals surface area contributed by atoms with Crippen LogP contribution in [0.15, 0.2) is 52.1 Å². The molecule has 0 saturated heterocycles. The van der Waals surface area contributed by atoms with E-state index in [1.54, 1.807) is 23.5 Å². The third-order valence-electron chi connectivity index (χ3n) is 6.30. The number of halogens is 3. The van der Waals surface area contributed by atoms with Crippen LogP contribution in [-0.2, 0) is 23.3 Å². The third kappa shape index (κ3) is 4.57. The van der Waals surface area contributed by atoms with Crippen molar-refractivity contribution in [1.29, 1.82) is 0 Å². The van der Waals surface area contributed by atoms with Gasteiger partial charge in [-0.1, -0.05) is 18.2 Å². The largest absolute Gasteiger partial charge is 0.496 e. The summed E-state index contributed by atoms with van der Waals surface area (Å²) in [6.45, 7) is -0.234. The van der Waals surface area contributed by atoms with Gasteiger partial charge in [0.1, 0.15) is 17.1 Å². The Hall–Kier alpha value is -4.75. The predicted molar refractivity (Wildman–Crippen MR) is 131 cm³/mol. The van der Waals surface area contributed by atoms with E-state index in [9.17, 15) is 32.3 Å². The molecule has 39 heavy (non-hydrogen) atoms. The fourth-order valence-electron chi connectivity index (χ4n) is 4.38. The molecule has 11 nitrogen and oxygen atoms in total. The number of aryl methyl sites for hydroxylation is 1. The standard InChI is InChI=1S/C25H23F3N4O7/c1-37-15-7-5-4-6-14(15)20(33)31-24(25(26,27)28)18-19(29-22(24)35)32(23(36)30-21(18)34)11-10-13-8-9-16(38-2)17(12-13)39-3/h4-9,12H,10-11H2,1-3H3,(H,29,35)(H,31,33)(H,30,34,36)/t24-/m1/s1. The van der Waals surface area contributed by atoms with Crippen LogP contribution in [0.5, 0.6) is 17.2 Å². The number of anilines is 1. The Labute approximate surface area is 218 Å². The Bertz CT molecular complexity index is 1560. The van der Waals surface area contributed by atoms with Crippen molar-refractivity contribution in [2.24, 2.45) is 0 Å². The molecule has 0 radical (unpaired) electrons. The van der Waals surface area contributed by atoms with E-state index in [-0.39, 0.29) is 24.3 Å². The maximum Gasteiger partial charge on any atom is 0.425 e. The van der Waals surface area contributed by atoms with Crippen LogP contribution in [0.2, 0.25) is 0 Å². The molecule has 1 aliphatic rings. The maximum absolute atomic E-state index is 14.6. The number of hydrogen-bond donors (Lipinski definition) is 3. The molecule has 0 fully saturated rings. The molecular weight excluding hydrogens is 525 g/mol. The topological polar surface area (TPSA) is 141 Å². The van der Waals surface area contributed by atoms with E-state index in [4.69, 9.17) is 14.2 Å². The van der Waals surface area contributed by atoms with Gasteiger partial charge in [0.15, 0.2) is 11.5 Å². The smallest absolute Gasteiger partial charge is 0.425 e. The fraction of sp³-hybridized carbons (Fsp3) is 0.280. The molecule has 0 bridgehead atoms. The molecule has 2 aromatic carbocycles. The predicted octanol–water partition coefficient (Wildman–Crippen LogP) is 1.94. The monoisotopic (exact) mass is 548 g/mol. The molecule has 2 heterocycles. The zero-order valence-corrected chi connectivity index (χ0v) is 20.9. The van der Waals surface area contributed by atoms with Crippen molar-refractivity contribution in [3.05, 3.63) is 80.0 Å². The van der Waals surface area contributed by atoms with E-state index < -0.39 is 46.2 Å². The van der Waals surface area contributed by atoms with Crippen LogP contribution in [0.4, 0.5) is 19.0 Å². The van der Waals surface area contributed by atoms with Gasteiger partial charge in [-0.25, -0.2) is 4.79 Å². The van der Waals surface area contributed by atoms with Crippen molar-refractivity contribution in [2.45, 2.75) is 24.7 Å². The average Bonchev–Trinajstić information content (AvgIpc) is 3.21. The second kappa shape index (κ2) is 10.2. The lowest BCUT2D eigenvalue weighted by Gasteiger charge is -2.30. The van der Waals surface area contributed by atoms with Gasteiger partial charge < -0.3 is 24.8 Å². The normalized spacial score (nSPS) is 16.3. The molecule has 0 saturated carbocycles. The highest BCUT2D eigenvalue weighted by Gasteiger charge is 2.68.